The number of benzene rings is 1. The smallest absolute Gasteiger partial charge is 0.319 e. The van der Waals surface area contributed by atoms with Gasteiger partial charge in [0.05, 0.1) is 13.0 Å². The summed E-state index contributed by atoms with van der Waals surface area (Å²) in [6.45, 7) is 0.508. The van der Waals surface area contributed by atoms with Gasteiger partial charge in [-0.1, -0.05) is 6.07 Å². The lowest BCUT2D eigenvalue weighted by atomic mass is 10.1. The Hall–Kier alpha value is -2.34. The van der Waals surface area contributed by atoms with Gasteiger partial charge < -0.3 is 16.0 Å². The minimum atomic E-state index is -0.254. The number of carbonyl (C=O) groups is 2. The number of amides is 3. The summed E-state index contributed by atoms with van der Waals surface area (Å²) in [5, 5.41) is 10.3. The summed E-state index contributed by atoms with van der Waals surface area (Å²) in [6.07, 6.45) is 0.363. The van der Waals surface area contributed by atoms with Gasteiger partial charge in [0, 0.05) is 16.3 Å². The van der Waals surface area contributed by atoms with Gasteiger partial charge in [-0.25, -0.2) is 4.79 Å². The number of hydrogen-bond acceptors (Lipinski definition) is 3. The maximum Gasteiger partial charge on any atom is 0.319 e. The fourth-order valence-electron chi connectivity index (χ4n) is 2.06. The molecule has 1 aromatic heterocycles. The topological polar surface area (TPSA) is 70.2 Å². The third-order valence-corrected chi connectivity index (χ3v) is 3.87. The van der Waals surface area contributed by atoms with Crippen molar-refractivity contribution in [1.82, 2.24) is 5.32 Å². The zero-order chi connectivity index (χ0) is 13.9. The predicted octanol–water partition coefficient (Wildman–Crippen LogP) is 2.56. The Bertz CT molecular complexity index is 652. The first-order valence-corrected chi connectivity index (χ1v) is 7.09. The summed E-state index contributed by atoms with van der Waals surface area (Å²) >= 11 is 1.60. The third-order valence-electron chi connectivity index (χ3n) is 2.99. The molecule has 0 fully saturated rings. The maximum absolute atomic E-state index is 11.8. The van der Waals surface area contributed by atoms with Crippen LogP contribution in [-0.2, 0) is 17.8 Å². The van der Waals surface area contributed by atoms with Crippen LogP contribution in [0.25, 0.3) is 0 Å². The highest BCUT2D eigenvalue weighted by Gasteiger charge is 2.17. The molecular weight excluding hydrogens is 274 g/mol. The van der Waals surface area contributed by atoms with Crippen LogP contribution in [0.4, 0.5) is 16.2 Å². The molecule has 3 rings (SSSR count). The van der Waals surface area contributed by atoms with Crippen molar-refractivity contribution in [1.29, 1.82) is 0 Å². The van der Waals surface area contributed by atoms with Gasteiger partial charge in [-0.2, -0.15) is 0 Å². The van der Waals surface area contributed by atoms with Gasteiger partial charge in [0.1, 0.15) is 0 Å². The molecule has 3 amide bonds. The molecule has 1 aromatic carbocycles. The second-order valence-corrected chi connectivity index (χ2v) is 5.52. The summed E-state index contributed by atoms with van der Waals surface area (Å²) in [7, 11) is 0. The van der Waals surface area contributed by atoms with Gasteiger partial charge in [0.25, 0.3) is 0 Å². The second-order valence-electron chi connectivity index (χ2n) is 4.48. The standard InChI is InChI=1S/C14H13N3O2S/c18-13-7-9-6-10(3-4-12(9)17-13)16-14(19)15-8-11-2-1-5-20-11/h1-6H,7-8H2,(H,17,18)(H2,15,16,19). The summed E-state index contributed by atoms with van der Waals surface area (Å²) in [6, 6.07) is 9.06. The van der Waals surface area contributed by atoms with Crippen LogP contribution >= 0.6 is 11.3 Å². The third kappa shape index (κ3) is 2.80. The number of anilines is 2. The first kappa shape index (κ1) is 12.7. The van der Waals surface area contributed by atoms with E-state index < -0.39 is 0 Å². The van der Waals surface area contributed by atoms with Crippen molar-refractivity contribution in [3.63, 3.8) is 0 Å². The number of rotatable bonds is 3. The van der Waals surface area contributed by atoms with E-state index >= 15 is 0 Å². The highest BCUT2D eigenvalue weighted by atomic mass is 32.1. The van der Waals surface area contributed by atoms with Gasteiger partial charge in [-0.3, -0.25) is 4.79 Å². The Morgan fingerprint density at radius 3 is 3.05 bits per heavy atom. The normalized spacial score (nSPS) is 12.7. The van der Waals surface area contributed by atoms with E-state index in [1.807, 2.05) is 23.6 Å². The van der Waals surface area contributed by atoms with E-state index in [4.69, 9.17) is 0 Å². The van der Waals surface area contributed by atoms with Crippen molar-refractivity contribution in [3.05, 3.63) is 46.2 Å². The Balaban J connectivity index is 1.59. The van der Waals surface area contributed by atoms with Gasteiger partial charge in [-0.05, 0) is 35.2 Å². The van der Waals surface area contributed by atoms with Gasteiger partial charge in [0.2, 0.25) is 5.91 Å². The molecule has 0 aliphatic carbocycles. The fraction of sp³-hybridized carbons (Fsp3) is 0.143. The Labute approximate surface area is 120 Å². The fourth-order valence-corrected chi connectivity index (χ4v) is 2.71. The Morgan fingerprint density at radius 1 is 1.35 bits per heavy atom. The molecule has 2 heterocycles. The number of thiophene rings is 1. The lowest BCUT2D eigenvalue weighted by Crippen LogP contribution is -2.27. The van der Waals surface area contributed by atoms with Crippen LogP contribution in [0.2, 0.25) is 0 Å². The molecule has 1 aliphatic heterocycles. The molecule has 6 heteroatoms. The number of fused-ring (bicyclic) bond motifs is 1. The average molecular weight is 287 g/mol. The predicted molar refractivity (Wildman–Crippen MR) is 79.0 cm³/mol. The molecule has 2 aromatic rings. The maximum atomic E-state index is 11.8. The highest BCUT2D eigenvalue weighted by Crippen LogP contribution is 2.25. The van der Waals surface area contributed by atoms with E-state index in [1.54, 1.807) is 23.5 Å². The van der Waals surface area contributed by atoms with E-state index in [1.165, 1.54) is 0 Å². The Kier molecular flexibility index (Phi) is 3.39. The number of carbonyl (C=O) groups excluding carboxylic acids is 2. The first-order valence-electron chi connectivity index (χ1n) is 6.21. The summed E-state index contributed by atoms with van der Waals surface area (Å²) in [5.41, 5.74) is 2.41. The molecule has 5 nitrogen and oxygen atoms in total. The van der Waals surface area contributed by atoms with Crippen molar-refractivity contribution >= 4 is 34.6 Å². The minimum Gasteiger partial charge on any atom is -0.333 e. The molecule has 0 saturated carbocycles. The summed E-state index contributed by atoms with van der Waals surface area (Å²) < 4.78 is 0. The molecule has 0 atom stereocenters. The first-order chi connectivity index (χ1) is 9.70. The van der Waals surface area contributed by atoms with Crippen LogP contribution in [0, 0.1) is 0 Å². The zero-order valence-electron chi connectivity index (χ0n) is 10.6. The van der Waals surface area contributed by atoms with Gasteiger partial charge in [-0.15, -0.1) is 11.3 Å². The van der Waals surface area contributed by atoms with Gasteiger partial charge in [0.15, 0.2) is 0 Å². The van der Waals surface area contributed by atoms with Gasteiger partial charge >= 0.3 is 6.03 Å². The lowest BCUT2D eigenvalue weighted by Gasteiger charge is -2.08. The van der Waals surface area contributed by atoms with E-state index in [9.17, 15) is 9.59 Å². The van der Waals surface area contributed by atoms with Crippen LogP contribution < -0.4 is 16.0 Å². The van der Waals surface area contributed by atoms with Crippen molar-refractivity contribution in [2.24, 2.45) is 0 Å². The van der Waals surface area contributed by atoms with Crippen LogP contribution in [0.3, 0.4) is 0 Å². The van der Waals surface area contributed by atoms with Crippen molar-refractivity contribution in [3.8, 4) is 0 Å². The molecule has 0 radical (unpaired) electrons. The molecule has 0 spiro atoms. The van der Waals surface area contributed by atoms with Crippen molar-refractivity contribution < 1.29 is 9.59 Å². The van der Waals surface area contributed by atoms with E-state index in [-0.39, 0.29) is 11.9 Å². The van der Waals surface area contributed by atoms with Crippen LogP contribution in [0.15, 0.2) is 35.7 Å². The molecule has 0 unspecified atom stereocenters. The molecule has 20 heavy (non-hydrogen) atoms. The minimum absolute atomic E-state index is 0.0145. The summed E-state index contributed by atoms with van der Waals surface area (Å²) in [5.74, 6) is -0.0145. The zero-order valence-corrected chi connectivity index (χ0v) is 11.4. The van der Waals surface area contributed by atoms with E-state index in [2.05, 4.69) is 16.0 Å². The monoisotopic (exact) mass is 287 g/mol. The number of nitrogens with one attached hydrogen (secondary N) is 3. The van der Waals surface area contributed by atoms with Crippen LogP contribution in [-0.4, -0.2) is 11.9 Å². The highest BCUT2D eigenvalue weighted by molar-refractivity contribution is 7.09. The molecule has 0 bridgehead atoms. The van der Waals surface area contributed by atoms with Crippen molar-refractivity contribution in [2.45, 2.75) is 13.0 Å². The van der Waals surface area contributed by atoms with Crippen LogP contribution in [0.5, 0.6) is 0 Å². The molecule has 102 valence electrons. The number of hydrogen-bond donors (Lipinski definition) is 3. The van der Waals surface area contributed by atoms with E-state index in [0.717, 1.165) is 16.1 Å². The molecule has 3 N–H and O–H groups in total. The van der Waals surface area contributed by atoms with Crippen LogP contribution in [0.1, 0.15) is 10.4 Å². The Morgan fingerprint density at radius 2 is 2.25 bits per heavy atom. The SMILES string of the molecule is O=C1Cc2cc(NC(=O)NCc3cccs3)ccc2N1. The molecule has 0 saturated heterocycles. The quantitative estimate of drug-likeness (QED) is 0.812. The second kappa shape index (κ2) is 5.34. The van der Waals surface area contributed by atoms with Crippen molar-refractivity contribution in [2.75, 3.05) is 10.6 Å². The number of urea groups is 1. The average Bonchev–Trinajstić information content (AvgIpc) is 3.04. The largest absolute Gasteiger partial charge is 0.333 e. The molecule has 1 aliphatic rings. The van der Waals surface area contributed by atoms with E-state index in [0.29, 0.717) is 18.7 Å². The lowest BCUT2D eigenvalue weighted by molar-refractivity contribution is -0.115. The summed E-state index contributed by atoms with van der Waals surface area (Å²) in [4.78, 5) is 24.1. The molecular formula is C14H13N3O2S.